The van der Waals surface area contributed by atoms with E-state index in [1.165, 1.54) is 31.2 Å². The molecular formula is C20H22F3N3OS. The van der Waals surface area contributed by atoms with Crippen molar-refractivity contribution in [3.8, 4) is 0 Å². The van der Waals surface area contributed by atoms with Gasteiger partial charge in [0.1, 0.15) is 5.03 Å². The van der Waals surface area contributed by atoms with E-state index in [4.69, 9.17) is 0 Å². The Balaban J connectivity index is 1.63. The summed E-state index contributed by atoms with van der Waals surface area (Å²) in [6.45, 7) is 5.28. The molecule has 0 bridgehead atoms. The quantitative estimate of drug-likeness (QED) is 0.692. The molecule has 0 radical (unpaired) electrons. The minimum absolute atomic E-state index is 0.101. The van der Waals surface area contributed by atoms with Gasteiger partial charge in [-0.1, -0.05) is 19.1 Å². The molecule has 0 spiro atoms. The number of likely N-dealkylation sites (tertiary alicyclic amines) is 1. The monoisotopic (exact) mass is 409 g/mol. The number of piperidine rings is 1. The number of amides is 1. The lowest BCUT2D eigenvalue weighted by atomic mass is 10.00. The van der Waals surface area contributed by atoms with Crippen molar-refractivity contribution in [3.05, 3.63) is 53.7 Å². The van der Waals surface area contributed by atoms with E-state index in [2.05, 4.69) is 22.1 Å². The predicted octanol–water partition coefficient (Wildman–Crippen LogP) is 5.18. The van der Waals surface area contributed by atoms with Gasteiger partial charge in [-0.3, -0.25) is 9.69 Å². The van der Waals surface area contributed by atoms with E-state index in [1.807, 2.05) is 12.1 Å². The van der Waals surface area contributed by atoms with Crippen LogP contribution in [0.3, 0.4) is 0 Å². The normalized spacial score (nSPS) is 18.1. The van der Waals surface area contributed by atoms with Gasteiger partial charge in [0.15, 0.2) is 0 Å². The SMILES string of the molecule is CC1CCCN(Cc2ccc(NC(=O)c3cccnc3SC(F)(F)F)cc2)C1. The van der Waals surface area contributed by atoms with Crippen molar-refractivity contribution in [2.24, 2.45) is 5.92 Å². The zero-order valence-corrected chi connectivity index (χ0v) is 16.3. The number of pyridine rings is 1. The number of hydrogen-bond acceptors (Lipinski definition) is 4. The first-order chi connectivity index (χ1) is 13.3. The van der Waals surface area contributed by atoms with Gasteiger partial charge in [0.2, 0.25) is 0 Å². The van der Waals surface area contributed by atoms with Gasteiger partial charge >= 0.3 is 5.51 Å². The highest BCUT2D eigenvalue weighted by atomic mass is 32.2. The van der Waals surface area contributed by atoms with E-state index in [9.17, 15) is 18.0 Å². The summed E-state index contributed by atoms with van der Waals surface area (Å²) in [6, 6.07) is 10.2. The molecule has 1 aliphatic rings. The minimum atomic E-state index is -4.50. The Kier molecular flexibility index (Phi) is 6.61. The number of nitrogens with one attached hydrogen (secondary N) is 1. The third-order valence-electron chi connectivity index (χ3n) is 4.59. The first-order valence-corrected chi connectivity index (χ1v) is 9.95. The number of carbonyl (C=O) groups is 1. The van der Waals surface area contributed by atoms with E-state index in [-0.39, 0.29) is 22.4 Å². The topological polar surface area (TPSA) is 45.2 Å². The maximum absolute atomic E-state index is 12.7. The van der Waals surface area contributed by atoms with Crippen molar-refractivity contribution < 1.29 is 18.0 Å². The van der Waals surface area contributed by atoms with Crippen LogP contribution in [0.15, 0.2) is 47.6 Å². The number of nitrogens with zero attached hydrogens (tertiary/aromatic N) is 2. The molecule has 2 aromatic rings. The Morgan fingerprint density at radius 1 is 1.29 bits per heavy atom. The molecule has 4 nitrogen and oxygen atoms in total. The van der Waals surface area contributed by atoms with E-state index in [0.29, 0.717) is 11.6 Å². The summed E-state index contributed by atoms with van der Waals surface area (Å²) in [5, 5.41) is 2.29. The molecule has 1 amide bonds. The van der Waals surface area contributed by atoms with E-state index in [0.717, 1.165) is 25.2 Å². The van der Waals surface area contributed by atoms with E-state index >= 15 is 0 Å². The van der Waals surface area contributed by atoms with Crippen LogP contribution >= 0.6 is 11.8 Å². The molecular weight excluding hydrogens is 387 g/mol. The van der Waals surface area contributed by atoms with Crippen LogP contribution in [0.2, 0.25) is 0 Å². The van der Waals surface area contributed by atoms with Gasteiger partial charge in [-0.25, -0.2) is 4.98 Å². The fourth-order valence-corrected chi connectivity index (χ4v) is 3.94. The smallest absolute Gasteiger partial charge is 0.322 e. The summed E-state index contributed by atoms with van der Waals surface area (Å²) >= 11 is -0.389. The Morgan fingerprint density at radius 2 is 2.04 bits per heavy atom. The second kappa shape index (κ2) is 8.96. The van der Waals surface area contributed by atoms with Gasteiger partial charge in [0, 0.05) is 36.7 Å². The zero-order chi connectivity index (χ0) is 20.1. The van der Waals surface area contributed by atoms with Crippen molar-refractivity contribution in [1.82, 2.24) is 9.88 Å². The summed E-state index contributed by atoms with van der Waals surface area (Å²) in [7, 11) is 0. The Morgan fingerprint density at radius 3 is 2.71 bits per heavy atom. The second-order valence-electron chi connectivity index (χ2n) is 7.04. The first kappa shape index (κ1) is 20.7. The van der Waals surface area contributed by atoms with Gasteiger partial charge in [-0.2, -0.15) is 13.2 Å². The molecule has 1 N–H and O–H groups in total. The third kappa shape index (κ3) is 5.97. The van der Waals surface area contributed by atoms with Crippen LogP contribution in [-0.2, 0) is 6.54 Å². The first-order valence-electron chi connectivity index (χ1n) is 9.13. The second-order valence-corrected chi connectivity index (χ2v) is 8.09. The van der Waals surface area contributed by atoms with Gasteiger partial charge in [0.25, 0.3) is 5.91 Å². The fourth-order valence-electron chi connectivity index (χ4n) is 3.34. The maximum Gasteiger partial charge on any atom is 0.447 e. The van der Waals surface area contributed by atoms with Crippen LogP contribution in [0.1, 0.15) is 35.7 Å². The molecule has 150 valence electrons. The maximum atomic E-state index is 12.7. The summed E-state index contributed by atoms with van der Waals surface area (Å²) in [4.78, 5) is 18.5. The molecule has 0 saturated carbocycles. The standard InChI is InChI=1S/C20H22F3N3OS/c1-14-4-3-11-26(12-14)13-15-6-8-16(9-7-15)25-18(27)17-5-2-10-24-19(17)28-20(21,22)23/h2,5-10,14H,3-4,11-13H2,1H3,(H,25,27). The number of thioether (sulfide) groups is 1. The lowest BCUT2D eigenvalue weighted by Crippen LogP contribution is -2.33. The summed E-state index contributed by atoms with van der Waals surface area (Å²) in [5.74, 6) is 0.0908. The lowest BCUT2D eigenvalue weighted by Gasteiger charge is -2.30. The molecule has 1 aromatic heterocycles. The van der Waals surface area contributed by atoms with Crippen LogP contribution in [0.4, 0.5) is 18.9 Å². The van der Waals surface area contributed by atoms with Crippen molar-refractivity contribution >= 4 is 23.4 Å². The van der Waals surface area contributed by atoms with Gasteiger partial charge in [-0.05, 0) is 55.1 Å². The number of rotatable bonds is 5. The molecule has 8 heteroatoms. The van der Waals surface area contributed by atoms with Gasteiger partial charge in [-0.15, -0.1) is 0 Å². The average molecular weight is 409 g/mol. The zero-order valence-electron chi connectivity index (χ0n) is 15.5. The number of benzene rings is 1. The Hall–Kier alpha value is -2.06. The molecule has 1 unspecified atom stereocenters. The highest BCUT2D eigenvalue weighted by molar-refractivity contribution is 8.00. The summed E-state index contributed by atoms with van der Waals surface area (Å²) < 4.78 is 38.0. The van der Waals surface area contributed by atoms with Gasteiger partial charge in [0.05, 0.1) is 5.56 Å². The molecule has 1 saturated heterocycles. The fraction of sp³-hybridized carbons (Fsp3) is 0.400. The predicted molar refractivity (Wildman–Crippen MR) is 104 cm³/mol. The molecule has 1 aliphatic heterocycles. The molecule has 1 aromatic carbocycles. The van der Waals surface area contributed by atoms with E-state index in [1.54, 1.807) is 12.1 Å². The third-order valence-corrected chi connectivity index (χ3v) is 5.34. The van der Waals surface area contributed by atoms with Crippen molar-refractivity contribution in [2.45, 2.75) is 36.8 Å². The molecule has 1 atom stereocenters. The lowest BCUT2D eigenvalue weighted by molar-refractivity contribution is -0.0329. The van der Waals surface area contributed by atoms with Crippen LogP contribution in [0.25, 0.3) is 0 Å². The van der Waals surface area contributed by atoms with Crippen molar-refractivity contribution in [2.75, 3.05) is 18.4 Å². The number of hydrogen-bond donors (Lipinski definition) is 1. The van der Waals surface area contributed by atoms with Crippen LogP contribution in [0, 0.1) is 5.92 Å². The van der Waals surface area contributed by atoms with Crippen molar-refractivity contribution in [3.63, 3.8) is 0 Å². The summed E-state index contributed by atoms with van der Waals surface area (Å²) in [6.07, 6.45) is 3.71. The van der Waals surface area contributed by atoms with E-state index < -0.39 is 11.4 Å². The summed E-state index contributed by atoms with van der Waals surface area (Å²) in [5.41, 5.74) is -2.93. The molecule has 0 aliphatic carbocycles. The highest BCUT2D eigenvalue weighted by Gasteiger charge is 2.32. The van der Waals surface area contributed by atoms with Crippen molar-refractivity contribution in [1.29, 1.82) is 0 Å². The average Bonchev–Trinajstić information content (AvgIpc) is 2.62. The molecule has 1 fully saturated rings. The number of anilines is 1. The van der Waals surface area contributed by atoms with Crippen LogP contribution < -0.4 is 5.32 Å². The number of alkyl halides is 3. The number of halogens is 3. The Bertz CT molecular complexity index is 811. The van der Waals surface area contributed by atoms with Gasteiger partial charge < -0.3 is 5.32 Å². The minimum Gasteiger partial charge on any atom is -0.322 e. The Labute approximate surface area is 166 Å². The largest absolute Gasteiger partial charge is 0.447 e. The number of carbonyl (C=O) groups excluding carboxylic acids is 1. The molecule has 2 heterocycles. The number of aromatic nitrogens is 1. The molecule has 3 rings (SSSR count). The van der Waals surface area contributed by atoms with Crippen LogP contribution in [-0.4, -0.2) is 34.4 Å². The highest BCUT2D eigenvalue weighted by Crippen LogP contribution is 2.37. The molecule has 28 heavy (non-hydrogen) atoms. The van der Waals surface area contributed by atoms with Crippen LogP contribution in [0.5, 0.6) is 0 Å².